The average molecular weight is 315 g/mol. The van der Waals surface area contributed by atoms with Crippen molar-refractivity contribution in [2.45, 2.75) is 19.1 Å². The van der Waals surface area contributed by atoms with Gasteiger partial charge in [-0.25, -0.2) is 4.98 Å². The minimum absolute atomic E-state index is 0.143. The highest BCUT2D eigenvalue weighted by Gasteiger charge is 2.21. The number of ether oxygens (including phenoxy) is 1. The molecule has 1 fully saturated rings. The second-order valence-corrected chi connectivity index (χ2v) is 6.15. The Bertz CT molecular complexity index is 630. The van der Waals surface area contributed by atoms with Crippen molar-refractivity contribution in [3.8, 4) is 5.88 Å². The predicted molar refractivity (Wildman–Crippen MR) is 86.0 cm³/mol. The van der Waals surface area contributed by atoms with Gasteiger partial charge in [0.15, 0.2) is 0 Å². The molecule has 6 heteroatoms. The van der Waals surface area contributed by atoms with Crippen molar-refractivity contribution in [1.82, 2.24) is 15.3 Å². The number of pyridine rings is 2. The summed E-state index contributed by atoms with van der Waals surface area (Å²) >= 11 is 1.86. The Morgan fingerprint density at radius 1 is 1.36 bits per heavy atom. The average Bonchev–Trinajstić information content (AvgIpc) is 3.07. The molecule has 2 aromatic heterocycles. The van der Waals surface area contributed by atoms with Crippen LogP contribution in [0.25, 0.3) is 0 Å². The molecule has 0 saturated carbocycles. The summed E-state index contributed by atoms with van der Waals surface area (Å²) in [6, 6.07) is 7.25. The first-order chi connectivity index (χ1) is 10.8. The number of carbonyl (C=O) groups excluding carboxylic acids is 1. The van der Waals surface area contributed by atoms with Gasteiger partial charge in [0.1, 0.15) is 11.7 Å². The summed E-state index contributed by atoms with van der Waals surface area (Å²) in [7, 11) is 0. The maximum atomic E-state index is 12.4. The van der Waals surface area contributed by atoms with Crippen LogP contribution in [0.2, 0.25) is 0 Å². The van der Waals surface area contributed by atoms with Crippen LogP contribution in [0.15, 0.2) is 42.9 Å². The minimum atomic E-state index is -0.183. The second kappa shape index (κ2) is 7.26. The smallest absolute Gasteiger partial charge is 0.257 e. The lowest BCUT2D eigenvalue weighted by atomic mass is 10.2. The second-order valence-electron chi connectivity index (χ2n) is 5.00. The van der Waals surface area contributed by atoms with E-state index in [1.165, 1.54) is 0 Å². The molecule has 3 heterocycles. The number of nitrogens with one attached hydrogen (secondary N) is 1. The normalized spacial score (nSPS) is 17.2. The number of hydrogen-bond donors (Lipinski definition) is 1. The van der Waals surface area contributed by atoms with Crippen molar-refractivity contribution in [2.24, 2.45) is 0 Å². The fraction of sp³-hybridized carbons (Fsp3) is 0.312. The van der Waals surface area contributed by atoms with Gasteiger partial charge in [0.05, 0.1) is 0 Å². The quantitative estimate of drug-likeness (QED) is 0.917. The molecule has 1 saturated heterocycles. The number of hydrogen-bond acceptors (Lipinski definition) is 5. The van der Waals surface area contributed by atoms with Gasteiger partial charge in [0.2, 0.25) is 5.88 Å². The van der Waals surface area contributed by atoms with E-state index in [0.717, 1.165) is 23.5 Å². The third-order valence-electron chi connectivity index (χ3n) is 3.36. The summed E-state index contributed by atoms with van der Waals surface area (Å²) in [6.07, 6.45) is 6.23. The maximum absolute atomic E-state index is 12.4. The summed E-state index contributed by atoms with van der Waals surface area (Å²) in [5.41, 5.74) is 1.43. The van der Waals surface area contributed by atoms with E-state index in [0.29, 0.717) is 18.0 Å². The van der Waals surface area contributed by atoms with Crippen LogP contribution in [0, 0.1) is 0 Å². The first-order valence-corrected chi connectivity index (χ1v) is 8.35. The van der Waals surface area contributed by atoms with E-state index >= 15 is 0 Å². The molecule has 114 valence electrons. The third-order valence-corrected chi connectivity index (χ3v) is 4.49. The summed E-state index contributed by atoms with van der Waals surface area (Å²) in [4.78, 5) is 20.6. The first kappa shape index (κ1) is 14.8. The molecular weight excluding hydrogens is 298 g/mol. The predicted octanol–water partition coefficient (Wildman–Crippen LogP) is 2.29. The van der Waals surface area contributed by atoms with Crippen LogP contribution < -0.4 is 10.1 Å². The Morgan fingerprint density at radius 2 is 2.27 bits per heavy atom. The van der Waals surface area contributed by atoms with Crippen molar-refractivity contribution >= 4 is 17.7 Å². The molecule has 1 aliphatic rings. The van der Waals surface area contributed by atoms with Gasteiger partial charge in [0.25, 0.3) is 5.91 Å². The maximum Gasteiger partial charge on any atom is 0.257 e. The Hall–Kier alpha value is -2.08. The lowest BCUT2D eigenvalue weighted by Gasteiger charge is -2.14. The number of rotatable bonds is 5. The van der Waals surface area contributed by atoms with E-state index < -0.39 is 0 Å². The van der Waals surface area contributed by atoms with Crippen LogP contribution in [0.3, 0.4) is 0 Å². The Morgan fingerprint density at radius 3 is 3.05 bits per heavy atom. The van der Waals surface area contributed by atoms with Gasteiger partial charge in [-0.3, -0.25) is 9.78 Å². The van der Waals surface area contributed by atoms with Gasteiger partial charge < -0.3 is 10.1 Å². The van der Waals surface area contributed by atoms with E-state index in [9.17, 15) is 4.79 Å². The Labute approximate surface area is 133 Å². The molecule has 1 atom stereocenters. The summed E-state index contributed by atoms with van der Waals surface area (Å²) in [5.74, 6) is 2.28. The molecule has 2 aromatic rings. The highest BCUT2D eigenvalue weighted by Crippen LogP contribution is 2.24. The van der Waals surface area contributed by atoms with Gasteiger partial charge in [0, 0.05) is 30.9 Å². The van der Waals surface area contributed by atoms with Crippen LogP contribution in [0.5, 0.6) is 5.88 Å². The molecule has 1 N–H and O–H groups in total. The van der Waals surface area contributed by atoms with Crippen molar-refractivity contribution in [3.05, 3.63) is 54.0 Å². The molecule has 1 amide bonds. The number of aromatic nitrogens is 2. The number of nitrogens with zero attached hydrogens (tertiary/aromatic N) is 2. The molecule has 0 aliphatic carbocycles. The molecule has 1 aliphatic heterocycles. The van der Waals surface area contributed by atoms with Crippen molar-refractivity contribution in [3.63, 3.8) is 0 Å². The van der Waals surface area contributed by atoms with E-state index in [1.54, 1.807) is 30.7 Å². The van der Waals surface area contributed by atoms with Crippen molar-refractivity contribution in [2.75, 3.05) is 11.5 Å². The van der Waals surface area contributed by atoms with E-state index in [2.05, 4.69) is 15.3 Å². The van der Waals surface area contributed by atoms with Gasteiger partial charge in [-0.1, -0.05) is 6.07 Å². The standard InChI is InChI=1S/C16H17N3O2S/c20-15(19-10-12-3-1-6-17-9-12)14-4-2-7-18-16(14)21-13-5-8-22-11-13/h1-4,6-7,9,13H,5,8,10-11H2,(H,19,20). The molecule has 0 radical (unpaired) electrons. The number of amides is 1. The molecule has 22 heavy (non-hydrogen) atoms. The zero-order valence-corrected chi connectivity index (χ0v) is 12.9. The lowest BCUT2D eigenvalue weighted by Crippen LogP contribution is -2.25. The Kier molecular flexibility index (Phi) is 4.90. The number of carbonyl (C=O) groups is 1. The zero-order chi connectivity index (χ0) is 15.2. The monoisotopic (exact) mass is 315 g/mol. The van der Waals surface area contributed by atoms with E-state index in [-0.39, 0.29) is 12.0 Å². The van der Waals surface area contributed by atoms with Crippen molar-refractivity contribution < 1.29 is 9.53 Å². The topological polar surface area (TPSA) is 64.1 Å². The van der Waals surface area contributed by atoms with Crippen LogP contribution in [-0.4, -0.2) is 33.5 Å². The third kappa shape index (κ3) is 3.76. The lowest BCUT2D eigenvalue weighted by molar-refractivity contribution is 0.0943. The summed E-state index contributed by atoms with van der Waals surface area (Å²) in [5, 5.41) is 2.88. The fourth-order valence-corrected chi connectivity index (χ4v) is 3.30. The molecule has 5 nitrogen and oxygen atoms in total. The molecule has 0 bridgehead atoms. The van der Waals surface area contributed by atoms with Crippen LogP contribution >= 0.6 is 11.8 Å². The highest BCUT2D eigenvalue weighted by atomic mass is 32.2. The van der Waals surface area contributed by atoms with Gasteiger partial charge in [-0.2, -0.15) is 11.8 Å². The van der Waals surface area contributed by atoms with E-state index in [4.69, 9.17) is 4.74 Å². The molecule has 0 spiro atoms. The SMILES string of the molecule is O=C(NCc1cccnc1)c1cccnc1OC1CCSC1. The van der Waals surface area contributed by atoms with Gasteiger partial charge in [-0.05, 0) is 35.9 Å². The summed E-state index contributed by atoms with van der Waals surface area (Å²) < 4.78 is 5.87. The van der Waals surface area contributed by atoms with Crippen LogP contribution in [0.4, 0.5) is 0 Å². The molecule has 1 unspecified atom stereocenters. The Balaban J connectivity index is 1.66. The molecule has 3 rings (SSSR count). The zero-order valence-electron chi connectivity index (χ0n) is 12.1. The highest BCUT2D eigenvalue weighted by molar-refractivity contribution is 7.99. The van der Waals surface area contributed by atoms with Crippen molar-refractivity contribution in [1.29, 1.82) is 0 Å². The van der Waals surface area contributed by atoms with Gasteiger partial charge >= 0.3 is 0 Å². The molecule has 0 aromatic carbocycles. The van der Waals surface area contributed by atoms with Crippen LogP contribution in [0.1, 0.15) is 22.3 Å². The number of thioether (sulfide) groups is 1. The largest absolute Gasteiger partial charge is 0.473 e. The van der Waals surface area contributed by atoms with E-state index in [1.807, 2.05) is 23.9 Å². The minimum Gasteiger partial charge on any atom is -0.473 e. The fourth-order valence-electron chi connectivity index (χ4n) is 2.20. The summed E-state index contributed by atoms with van der Waals surface area (Å²) in [6.45, 7) is 0.431. The van der Waals surface area contributed by atoms with Gasteiger partial charge in [-0.15, -0.1) is 0 Å². The first-order valence-electron chi connectivity index (χ1n) is 7.19. The molecular formula is C16H17N3O2S. The van der Waals surface area contributed by atoms with Crippen LogP contribution in [-0.2, 0) is 6.54 Å².